The fraction of sp³-hybridized carbons (Fsp3) is 0.600. The van der Waals surface area contributed by atoms with Crippen LogP contribution in [0.3, 0.4) is 0 Å². The van der Waals surface area contributed by atoms with Gasteiger partial charge in [0.05, 0.1) is 11.8 Å². The van der Waals surface area contributed by atoms with Crippen molar-refractivity contribution in [2.24, 2.45) is 11.8 Å². The molecule has 2 atom stereocenters. The summed E-state index contributed by atoms with van der Waals surface area (Å²) in [5.74, 6) is -3.24. The Labute approximate surface area is 51.1 Å². The minimum atomic E-state index is -0.998. The normalized spacial score (nSPS) is 31.6. The predicted octanol–water partition coefficient (Wildman–Crippen LogP) is -0.208. The average Bonchev–Trinajstić information content (AvgIpc) is 2.39. The minimum absolute atomic E-state index is 0.296. The highest BCUT2D eigenvalue weighted by Crippen LogP contribution is 2.38. The number of carbonyl (C=O) groups is 2. The molecule has 0 radical (unpaired) electrons. The quantitative estimate of drug-likeness (QED) is 0.542. The second kappa shape index (κ2) is 1.72. The maximum atomic E-state index is 10.0. The molecule has 1 unspecified atom stereocenters. The second-order valence-electron chi connectivity index (χ2n) is 2.13. The Morgan fingerprint density at radius 1 is 1.11 bits per heavy atom. The van der Waals surface area contributed by atoms with Crippen LogP contribution >= 0.6 is 0 Å². The van der Waals surface area contributed by atoms with Crippen molar-refractivity contribution in [3.8, 4) is 0 Å². The molecular formula is C5H6O4. The third-order valence-electron chi connectivity index (χ3n) is 1.42. The molecule has 0 spiro atoms. The summed E-state index contributed by atoms with van der Waals surface area (Å²) < 4.78 is 0. The van der Waals surface area contributed by atoms with Crippen LogP contribution in [0.2, 0.25) is 0 Å². The summed E-state index contributed by atoms with van der Waals surface area (Å²) in [5.41, 5.74) is 0. The van der Waals surface area contributed by atoms with E-state index in [1.807, 2.05) is 0 Å². The van der Waals surface area contributed by atoms with Crippen LogP contribution < -0.4 is 0 Å². The molecule has 0 bridgehead atoms. The van der Waals surface area contributed by atoms with Crippen molar-refractivity contribution in [3.63, 3.8) is 0 Å². The molecule has 0 aliphatic heterocycles. The molecule has 2 N–H and O–H groups in total. The monoisotopic (exact) mass is 130 g/mol. The maximum Gasteiger partial charge on any atom is 0.307 e. The molecule has 1 aliphatic carbocycles. The molecule has 0 aromatic rings. The zero-order valence-electron chi connectivity index (χ0n) is 4.57. The van der Waals surface area contributed by atoms with E-state index in [0.29, 0.717) is 6.42 Å². The van der Waals surface area contributed by atoms with E-state index < -0.39 is 23.8 Å². The molecule has 0 saturated heterocycles. The van der Waals surface area contributed by atoms with Gasteiger partial charge in [-0.05, 0) is 6.42 Å². The highest BCUT2D eigenvalue weighted by Gasteiger charge is 2.48. The summed E-state index contributed by atoms with van der Waals surface area (Å²) in [4.78, 5) is 20.0. The number of rotatable bonds is 2. The summed E-state index contributed by atoms with van der Waals surface area (Å²) in [5, 5.41) is 16.4. The zero-order valence-corrected chi connectivity index (χ0v) is 4.57. The van der Waals surface area contributed by atoms with Crippen molar-refractivity contribution in [2.45, 2.75) is 6.42 Å². The summed E-state index contributed by atoms with van der Waals surface area (Å²) in [7, 11) is 0. The first-order valence-electron chi connectivity index (χ1n) is 2.58. The number of carboxylic acids is 2. The van der Waals surface area contributed by atoms with Crippen LogP contribution in [0.5, 0.6) is 0 Å². The molecule has 0 amide bonds. The fourth-order valence-corrected chi connectivity index (χ4v) is 0.741. The molecule has 0 aromatic carbocycles. The van der Waals surface area contributed by atoms with Crippen molar-refractivity contribution in [1.29, 1.82) is 0 Å². The first kappa shape index (κ1) is 6.07. The van der Waals surface area contributed by atoms with E-state index in [-0.39, 0.29) is 0 Å². The maximum absolute atomic E-state index is 10.0. The van der Waals surface area contributed by atoms with E-state index in [1.165, 1.54) is 0 Å². The lowest BCUT2D eigenvalue weighted by atomic mass is 10.3. The van der Waals surface area contributed by atoms with E-state index in [9.17, 15) is 9.59 Å². The van der Waals surface area contributed by atoms with E-state index in [0.717, 1.165) is 0 Å². The van der Waals surface area contributed by atoms with Crippen molar-refractivity contribution in [1.82, 2.24) is 0 Å². The number of hydrogen-bond donors (Lipinski definition) is 2. The Hall–Kier alpha value is -1.06. The second-order valence-corrected chi connectivity index (χ2v) is 2.13. The van der Waals surface area contributed by atoms with Crippen molar-refractivity contribution < 1.29 is 19.8 Å². The van der Waals surface area contributed by atoms with Crippen LogP contribution in [-0.4, -0.2) is 22.2 Å². The van der Waals surface area contributed by atoms with Gasteiger partial charge < -0.3 is 10.2 Å². The van der Waals surface area contributed by atoms with Gasteiger partial charge in [0.1, 0.15) is 0 Å². The molecule has 1 saturated carbocycles. The average molecular weight is 130 g/mol. The van der Waals surface area contributed by atoms with Crippen LogP contribution in [0.25, 0.3) is 0 Å². The van der Waals surface area contributed by atoms with Crippen molar-refractivity contribution in [2.75, 3.05) is 0 Å². The Morgan fingerprint density at radius 2 is 1.44 bits per heavy atom. The van der Waals surface area contributed by atoms with Crippen LogP contribution in [0.1, 0.15) is 6.42 Å². The van der Waals surface area contributed by atoms with E-state index in [2.05, 4.69) is 0 Å². The lowest BCUT2D eigenvalue weighted by molar-refractivity contribution is -0.144. The minimum Gasteiger partial charge on any atom is -0.481 e. The topological polar surface area (TPSA) is 74.6 Å². The van der Waals surface area contributed by atoms with Crippen LogP contribution in [0.15, 0.2) is 0 Å². The molecule has 0 aromatic heterocycles. The van der Waals surface area contributed by atoms with E-state index in [1.54, 1.807) is 0 Å². The lowest BCUT2D eigenvalue weighted by Crippen LogP contribution is -2.05. The Balaban J connectivity index is 2.42. The van der Waals surface area contributed by atoms with Crippen LogP contribution in [-0.2, 0) is 9.59 Å². The smallest absolute Gasteiger partial charge is 0.307 e. The van der Waals surface area contributed by atoms with Gasteiger partial charge >= 0.3 is 11.9 Å². The van der Waals surface area contributed by atoms with Gasteiger partial charge in [-0.2, -0.15) is 0 Å². The molecule has 1 rings (SSSR count). The van der Waals surface area contributed by atoms with E-state index >= 15 is 0 Å². The van der Waals surface area contributed by atoms with Crippen LogP contribution in [0.4, 0.5) is 0 Å². The molecule has 50 valence electrons. The Bertz CT molecular complexity index is 144. The molecule has 0 heterocycles. The van der Waals surface area contributed by atoms with Gasteiger partial charge in [0.15, 0.2) is 0 Å². The summed E-state index contributed by atoms with van der Waals surface area (Å²) in [6.07, 6.45) is 0.296. The van der Waals surface area contributed by atoms with Gasteiger partial charge in [-0.25, -0.2) is 0 Å². The largest absolute Gasteiger partial charge is 0.481 e. The highest BCUT2D eigenvalue weighted by molar-refractivity contribution is 5.85. The highest BCUT2D eigenvalue weighted by atomic mass is 16.4. The fourth-order valence-electron chi connectivity index (χ4n) is 0.741. The number of hydrogen-bond acceptors (Lipinski definition) is 2. The third-order valence-corrected chi connectivity index (χ3v) is 1.42. The third kappa shape index (κ3) is 1.01. The van der Waals surface area contributed by atoms with Gasteiger partial charge in [-0.1, -0.05) is 0 Å². The molecule has 4 nitrogen and oxygen atoms in total. The predicted molar refractivity (Wildman–Crippen MR) is 26.9 cm³/mol. The molecule has 1 fully saturated rings. The summed E-state index contributed by atoms with van der Waals surface area (Å²) >= 11 is 0. The number of carboxylic acid groups (broad SMARTS) is 2. The van der Waals surface area contributed by atoms with Gasteiger partial charge in [-0.3, -0.25) is 9.59 Å². The summed E-state index contributed by atoms with van der Waals surface area (Å²) in [6.45, 7) is 0. The lowest BCUT2D eigenvalue weighted by Gasteiger charge is -1.84. The standard InChI is InChI=1S/C5H6O4/c6-4(7)2-1-3(2)5(8)9/h2-3H,1H2,(H,6,7)(H,8,9)/t2-,3?/m1/s1. The van der Waals surface area contributed by atoms with Crippen molar-refractivity contribution in [3.05, 3.63) is 0 Å². The SMILES string of the molecule is O=C(O)C1C[C@H]1C(=O)O. The van der Waals surface area contributed by atoms with Crippen LogP contribution in [0, 0.1) is 11.8 Å². The van der Waals surface area contributed by atoms with Gasteiger partial charge in [-0.15, -0.1) is 0 Å². The Kier molecular flexibility index (Phi) is 1.16. The molecule has 1 aliphatic rings. The first-order chi connectivity index (χ1) is 4.13. The summed E-state index contributed by atoms with van der Waals surface area (Å²) in [6, 6.07) is 0. The Morgan fingerprint density at radius 3 is 1.56 bits per heavy atom. The molecule has 4 heteroatoms. The molecular weight excluding hydrogens is 124 g/mol. The van der Waals surface area contributed by atoms with Gasteiger partial charge in [0, 0.05) is 0 Å². The number of aliphatic carboxylic acids is 2. The van der Waals surface area contributed by atoms with E-state index in [4.69, 9.17) is 10.2 Å². The van der Waals surface area contributed by atoms with Gasteiger partial charge in [0.2, 0.25) is 0 Å². The molecule has 9 heavy (non-hydrogen) atoms. The zero-order chi connectivity index (χ0) is 7.02. The first-order valence-corrected chi connectivity index (χ1v) is 2.58. The van der Waals surface area contributed by atoms with Gasteiger partial charge in [0.25, 0.3) is 0 Å². The van der Waals surface area contributed by atoms with Crippen molar-refractivity contribution >= 4 is 11.9 Å².